The summed E-state index contributed by atoms with van der Waals surface area (Å²) in [5.74, 6) is 0.506. The zero-order chi connectivity index (χ0) is 17.5. The van der Waals surface area contributed by atoms with E-state index in [1.165, 1.54) is 0 Å². The Bertz CT molecular complexity index is 404. The molecule has 0 spiro atoms. The van der Waals surface area contributed by atoms with E-state index < -0.39 is 5.60 Å². The van der Waals surface area contributed by atoms with Crippen LogP contribution in [0.4, 0.5) is 4.79 Å². The number of nitrogens with one attached hydrogen (secondary N) is 1. The van der Waals surface area contributed by atoms with Crippen molar-refractivity contribution in [1.29, 1.82) is 0 Å². The lowest BCUT2D eigenvalue weighted by Crippen LogP contribution is -2.50. The number of halogens is 1. The van der Waals surface area contributed by atoms with Gasteiger partial charge in [0, 0.05) is 38.8 Å². The van der Waals surface area contributed by atoms with Crippen LogP contribution in [0, 0.1) is 0 Å². The fourth-order valence-electron chi connectivity index (χ4n) is 2.19. The van der Waals surface area contributed by atoms with E-state index in [0.29, 0.717) is 31.6 Å². The van der Waals surface area contributed by atoms with Crippen molar-refractivity contribution in [1.82, 2.24) is 15.1 Å². The van der Waals surface area contributed by atoms with Gasteiger partial charge in [-0.2, -0.15) is 0 Å². The molecule has 7 nitrogen and oxygen atoms in total. The molecule has 1 amide bonds. The molecule has 1 saturated heterocycles. The number of ether oxygens (including phenoxy) is 1. The second-order valence-corrected chi connectivity index (χ2v) is 7.03. The van der Waals surface area contributed by atoms with Gasteiger partial charge in [-0.05, 0) is 34.1 Å². The summed E-state index contributed by atoms with van der Waals surface area (Å²) in [4.78, 5) is 20.4. The van der Waals surface area contributed by atoms with Gasteiger partial charge in [0.15, 0.2) is 5.96 Å². The zero-order valence-corrected chi connectivity index (χ0v) is 18.0. The number of carbonyl (C=O) groups is 1. The summed E-state index contributed by atoms with van der Waals surface area (Å²) in [6.45, 7) is 14.4. The molecule has 1 unspecified atom stereocenters. The Morgan fingerprint density at radius 2 is 1.88 bits per heavy atom. The number of nitrogens with zero attached hydrogens (tertiary/aromatic N) is 3. The van der Waals surface area contributed by atoms with Crippen molar-refractivity contribution in [2.45, 2.75) is 52.7 Å². The van der Waals surface area contributed by atoms with Crippen LogP contribution in [-0.4, -0.2) is 72.8 Å². The molecule has 0 aromatic heterocycles. The zero-order valence-electron chi connectivity index (χ0n) is 15.7. The lowest BCUT2D eigenvalue weighted by Gasteiger charge is -2.35. The second-order valence-electron chi connectivity index (χ2n) is 7.03. The number of piperazine rings is 1. The van der Waals surface area contributed by atoms with E-state index in [1.807, 2.05) is 20.8 Å². The van der Waals surface area contributed by atoms with Gasteiger partial charge in [0.2, 0.25) is 0 Å². The fraction of sp³-hybridized carbons (Fsp3) is 0.875. The molecule has 8 heteroatoms. The highest BCUT2D eigenvalue weighted by atomic mass is 127. The third kappa shape index (κ3) is 9.51. The minimum atomic E-state index is -0.441. The van der Waals surface area contributed by atoms with E-state index in [1.54, 1.807) is 4.90 Å². The first-order valence-corrected chi connectivity index (χ1v) is 8.48. The van der Waals surface area contributed by atoms with Crippen molar-refractivity contribution < 1.29 is 9.53 Å². The molecule has 0 bridgehead atoms. The Morgan fingerprint density at radius 3 is 2.38 bits per heavy atom. The molecule has 3 N–H and O–H groups in total. The number of hydrogen-bond acceptors (Lipinski definition) is 4. The quantitative estimate of drug-likeness (QED) is 0.376. The highest BCUT2D eigenvalue weighted by Crippen LogP contribution is 2.11. The number of nitrogens with two attached hydrogens (primary N) is 1. The Balaban J connectivity index is 0.00000529. The number of guanidine groups is 1. The van der Waals surface area contributed by atoms with Gasteiger partial charge in [-0.15, -0.1) is 24.0 Å². The molecule has 24 heavy (non-hydrogen) atoms. The van der Waals surface area contributed by atoms with E-state index in [-0.39, 0.29) is 30.1 Å². The normalized spacial score (nSPS) is 17.9. The molecule has 0 aromatic carbocycles. The van der Waals surface area contributed by atoms with Crippen molar-refractivity contribution in [2.75, 3.05) is 39.3 Å². The SMILES string of the molecule is CCC(C)NC(N)=NCCN1CCN(C(=O)OC(C)(C)C)CC1.I. The monoisotopic (exact) mass is 455 g/mol. The average molecular weight is 455 g/mol. The first-order valence-electron chi connectivity index (χ1n) is 8.48. The molecule has 1 atom stereocenters. The maximum atomic E-state index is 12.0. The maximum absolute atomic E-state index is 12.0. The van der Waals surface area contributed by atoms with Gasteiger partial charge >= 0.3 is 6.09 Å². The minimum Gasteiger partial charge on any atom is -0.444 e. The van der Waals surface area contributed by atoms with Crippen LogP contribution < -0.4 is 11.1 Å². The molecular weight excluding hydrogens is 421 g/mol. The minimum absolute atomic E-state index is 0. The van der Waals surface area contributed by atoms with E-state index in [0.717, 1.165) is 26.1 Å². The average Bonchev–Trinajstić information content (AvgIpc) is 2.46. The Morgan fingerprint density at radius 1 is 1.29 bits per heavy atom. The number of hydrogen-bond donors (Lipinski definition) is 2. The summed E-state index contributed by atoms with van der Waals surface area (Å²) in [5.41, 5.74) is 5.40. The summed E-state index contributed by atoms with van der Waals surface area (Å²) in [6, 6.07) is 0.344. The van der Waals surface area contributed by atoms with Gasteiger partial charge in [-0.1, -0.05) is 6.92 Å². The van der Waals surface area contributed by atoms with Crippen LogP contribution in [0.3, 0.4) is 0 Å². The Labute approximate surface area is 163 Å². The molecule has 142 valence electrons. The molecule has 1 fully saturated rings. The van der Waals surface area contributed by atoms with E-state index >= 15 is 0 Å². The predicted octanol–water partition coefficient (Wildman–Crippen LogP) is 1.86. The van der Waals surface area contributed by atoms with Gasteiger partial charge in [-0.3, -0.25) is 9.89 Å². The topological polar surface area (TPSA) is 83.2 Å². The molecule has 1 aliphatic heterocycles. The maximum Gasteiger partial charge on any atom is 0.410 e. The third-order valence-electron chi connectivity index (χ3n) is 3.73. The van der Waals surface area contributed by atoms with Crippen molar-refractivity contribution in [3.8, 4) is 0 Å². The van der Waals surface area contributed by atoms with Crippen LogP contribution in [0.15, 0.2) is 4.99 Å². The predicted molar refractivity (Wildman–Crippen MR) is 109 cm³/mol. The van der Waals surface area contributed by atoms with Crippen molar-refractivity contribution >= 4 is 36.0 Å². The van der Waals surface area contributed by atoms with Crippen LogP contribution in [0.25, 0.3) is 0 Å². The molecule has 1 heterocycles. The summed E-state index contributed by atoms with van der Waals surface area (Å²) < 4.78 is 5.39. The number of amides is 1. The smallest absolute Gasteiger partial charge is 0.410 e. The molecule has 1 rings (SSSR count). The van der Waals surface area contributed by atoms with E-state index in [2.05, 4.69) is 29.1 Å². The van der Waals surface area contributed by atoms with Gasteiger partial charge in [0.05, 0.1) is 6.54 Å². The summed E-state index contributed by atoms with van der Waals surface area (Å²) in [6.07, 6.45) is 0.792. The van der Waals surface area contributed by atoms with Gasteiger partial charge < -0.3 is 20.7 Å². The largest absolute Gasteiger partial charge is 0.444 e. The van der Waals surface area contributed by atoms with Gasteiger partial charge in [-0.25, -0.2) is 4.79 Å². The van der Waals surface area contributed by atoms with Crippen molar-refractivity contribution in [3.63, 3.8) is 0 Å². The van der Waals surface area contributed by atoms with E-state index in [4.69, 9.17) is 10.5 Å². The molecule has 0 saturated carbocycles. The van der Waals surface area contributed by atoms with Crippen LogP contribution in [0.1, 0.15) is 41.0 Å². The summed E-state index contributed by atoms with van der Waals surface area (Å²) in [7, 11) is 0. The van der Waals surface area contributed by atoms with Gasteiger partial charge in [0.1, 0.15) is 5.60 Å². The number of carbonyl (C=O) groups excluding carboxylic acids is 1. The van der Waals surface area contributed by atoms with Crippen LogP contribution in [0.2, 0.25) is 0 Å². The number of rotatable bonds is 5. The molecule has 1 aliphatic rings. The molecule has 0 aliphatic carbocycles. The second kappa shape index (κ2) is 11.0. The number of aliphatic imine (C=N–C) groups is 1. The summed E-state index contributed by atoms with van der Waals surface area (Å²) in [5, 5.41) is 3.15. The lowest BCUT2D eigenvalue weighted by molar-refractivity contribution is 0.0148. The van der Waals surface area contributed by atoms with Crippen molar-refractivity contribution in [3.05, 3.63) is 0 Å². The van der Waals surface area contributed by atoms with Crippen molar-refractivity contribution in [2.24, 2.45) is 10.7 Å². The highest BCUT2D eigenvalue weighted by molar-refractivity contribution is 14.0. The molecule has 0 aromatic rings. The fourth-order valence-corrected chi connectivity index (χ4v) is 2.19. The van der Waals surface area contributed by atoms with Crippen LogP contribution in [0.5, 0.6) is 0 Å². The van der Waals surface area contributed by atoms with Crippen LogP contribution >= 0.6 is 24.0 Å². The Hall–Kier alpha value is -0.770. The molecular formula is C16H34IN5O2. The standard InChI is InChI=1S/C16H33N5O2.HI/c1-6-13(2)19-14(17)18-7-8-20-9-11-21(12-10-20)15(22)23-16(3,4)5;/h13H,6-12H2,1-5H3,(H3,17,18,19);1H. The lowest BCUT2D eigenvalue weighted by atomic mass is 10.2. The Kier molecular flexibility index (Phi) is 10.6. The van der Waals surface area contributed by atoms with Gasteiger partial charge in [0.25, 0.3) is 0 Å². The summed E-state index contributed by atoms with van der Waals surface area (Å²) >= 11 is 0. The first-order chi connectivity index (χ1) is 10.7. The van der Waals surface area contributed by atoms with Crippen LogP contribution in [-0.2, 0) is 4.74 Å². The van der Waals surface area contributed by atoms with E-state index in [9.17, 15) is 4.79 Å². The first kappa shape index (κ1) is 23.2. The molecule has 0 radical (unpaired) electrons. The third-order valence-corrected chi connectivity index (χ3v) is 3.73. The highest BCUT2D eigenvalue weighted by Gasteiger charge is 2.25.